The van der Waals surface area contributed by atoms with E-state index >= 15 is 0 Å². The molecule has 3 heterocycles. The van der Waals surface area contributed by atoms with Crippen molar-refractivity contribution in [1.29, 1.82) is 0 Å². The number of carbonyl (C=O) groups excluding carboxylic acids is 1. The number of aromatic nitrogens is 1. The largest absolute Gasteiger partial charge is 0.467 e. The summed E-state index contributed by atoms with van der Waals surface area (Å²) in [5, 5.41) is 5.60. The summed E-state index contributed by atoms with van der Waals surface area (Å²) in [6.07, 6.45) is 2.53. The van der Waals surface area contributed by atoms with E-state index in [0.29, 0.717) is 31.1 Å². The van der Waals surface area contributed by atoms with Crippen LogP contribution in [0, 0.1) is 0 Å². The van der Waals surface area contributed by atoms with Crippen LogP contribution in [0.1, 0.15) is 50.3 Å². The fourth-order valence-electron chi connectivity index (χ4n) is 5.07. The van der Waals surface area contributed by atoms with Crippen LogP contribution < -0.4 is 14.8 Å². The maximum absolute atomic E-state index is 12.7. The fraction of sp³-hybridized carbons (Fsp3) is 0.212. The predicted octanol–water partition coefficient (Wildman–Crippen LogP) is 6.62. The van der Waals surface area contributed by atoms with Crippen LogP contribution in [-0.2, 0) is 19.6 Å². The van der Waals surface area contributed by atoms with Gasteiger partial charge in [-0.2, -0.15) is 0 Å². The summed E-state index contributed by atoms with van der Waals surface area (Å²) in [4.78, 5) is 19.8. The lowest BCUT2D eigenvalue weighted by Crippen LogP contribution is -2.26. The molecule has 3 aromatic carbocycles. The summed E-state index contributed by atoms with van der Waals surface area (Å²) >= 11 is 1.51. The van der Waals surface area contributed by atoms with E-state index in [1.807, 2.05) is 17.5 Å². The van der Waals surface area contributed by atoms with Gasteiger partial charge in [0.25, 0.3) is 5.91 Å². The van der Waals surface area contributed by atoms with Gasteiger partial charge in [-0.25, -0.2) is 4.98 Å². The molecule has 0 spiro atoms. The molecular formula is C33H31N3O4S. The number of hydrogen-bond donors (Lipinski definition) is 1. The van der Waals surface area contributed by atoms with Gasteiger partial charge in [-0.3, -0.25) is 9.69 Å². The molecule has 7 nitrogen and oxygen atoms in total. The molecule has 0 fully saturated rings. The first-order valence-electron chi connectivity index (χ1n) is 13.7. The molecule has 1 aliphatic heterocycles. The first kappa shape index (κ1) is 26.8. The van der Waals surface area contributed by atoms with Crippen LogP contribution in [-0.4, -0.2) is 29.1 Å². The van der Waals surface area contributed by atoms with Crippen molar-refractivity contribution >= 4 is 17.2 Å². The number of nitrogens with one attached hydrogen (secondary N) is 1. The summed E-state index contributed by atoms with van der Waals surface area (Å²) in [7, 11) is 0. The molecule has 0 aliphatic carbocycles. The van der Waals surface area contributed by atoms with Crippen molar-refractivity contribution in [3.63, 3.8) is 0 Å². The standard InChI is InChI=1S/C33H31N3O4S/c37-33(34-19-27-12-7-17-38-27)29-22-41-32(35-29)21-36(20-24-13-14-30-31(18-24)40-23-39-30)16-15-28(25-8-3-1-4-9-25)26-10-5-2-6-11-26/h1-14,17-18,22,28H,15-16,19-21,23H2,(H,34,37). The van der Waals surface area contributed by atoms with Gasteiger partial charge in [0.2, 0.25) is 6.79 Å². The van der Waals surface area contributed by atoms with Gasteiger partial charge in [0, 0.05) is 17.8 Å². The summed E-state index contributed by atoms with van der Waals surface area (Å²) in [6, 6.07) is 31.1. The third-order valence-electron chi connectivity index (χ3n) is 7.13. The molecule has 0 saturated heterocycles. The summed E-state index contributed by atoms with van der Waals surface area (Å²) < 4.78 is 16.5. The van der Waals surface area contributed by atoms with E-state index in [1.54, 1.807) is 12.3 Å². The molecule has 0 saturated carbocycles. The second kappa shape index (κ2) is 12.8. The van der Waals surface area contributed by atoms with E-state index in [0.717, 1.165) is 35.0 Å². The van der Waals surface area contributed by atoms with E-state index in [4.69, 9.17) is 13.9 Å². The number of fused-ring (bicyclic) bond motifs is 1. The summed E-state index contributed by atoms with van der Waals surface area (Å²) in [6.45, 7) is 2.76. The molecule has 41 heavy (non-hydrogen) atoms. The smallest absolute Gasteiger partial charge is 0.271 e. The topological polar surface area (TPSA) is 76.8 Å². The first-order chi connectivity index (χ1) is 20.2. The normalized spacial score (nSPS) is 12.2. The Labute approximate surface area is 243 Å². The molecule has 6 rings (SSSR count). The third kappa shape index (κ3) is 6.85. The van der Waals surface area contributed by atoms with Crippen LogP contribution >= 0.6 is 11.3 Å². The second-order valence-corrected chi connectivity index (χ2v) is 10.9. The van der Waals surface area contributed by atoms with Gasteiger partial charge < -0.3 is 19.2 Å². The number of carbonyl (C=O) groups is 1. The Kier molecular flexibility index (Phi) is 8.40. The summed E-state index contributed by atoms with van der Waals surface area (Å²) in [5.41, 5.74) is 4.15. The molecule has 0 radical (unpaired) electrons. The Morgan fingerprint density at radius 2 is 1.66 bits per heavy atom. The van der Waals surface area contributed by atoms with Gasteiger partial charge in [0.1, 0.15) is 16.5 Å². The minimum atomic E-state index is -0.209. The number of nitrogens with zero attached hydrogens (tertiary/aromatic N) is 2. The molecule has 2 aromatic heterocycles. The number of hydrogen-bond acceptors (Lipinski definition) is 7. The number of amides is 1. The van der Waals surface area contributed by atoms with Crippen LogP contribution in [0.3, 0.4) is 0 Å². The van der Waals surface area contributed by atoms with E-state index in [2.05, 4.69) is 88.0 Å². The Morgan fingerprint density at radius 3 is 2.39 bits per heavy atom. The Morgan fingerprint density at radius 1 is 0.902 bits per heavy atom. The van der Waals surface area contributed by atoms with Gasteiger partial charge in [-0.1, -0.05) is 66.7 Å². The van der Waals surface area contributed by atoms with Gasteiger partial charge in [-0.05, 0) is 53.9 Å². The van der Waals surface area contributed by atoms with Crippen molar-refractivity contribution in [2.24, 2.45) is 0 Å². The highest BCUT2D eigenvalue weighted by Gasteiger charge is 2.20. The van der Waals surface area contributed by atoms with Crippen LogP contribution in [0.15, 0.2) is 107 Å². The zero-order valence-electron chi connectivity index (χ0n) is 22.6. The number of furan rings is 1. The molecule has 1 amide bonds. The van der Waals surface area contributed by atoms with Crippen molar-refractivity contribution in [2.45, 2.75) is 32.0 Å². The fourth-order valence-corrected chi connectivity index (χ4v) is 5.89. The molecule has 0 unspecified atom stereocenters. The Bertz CT molecular complexity index is 1510. The van der Waals surface area contributed by atoms with E-state index in [9.17, 15) is 4.79 Å². The molecule has 1 N–H and O–H groups in total. The number of ether oxygens (including phenoxy) is 2. The average molecular weight is 566 g/mol. The van der Waals surface area contributed by atoms with Gasteiger partial charge in [-0.15, -0.1) is 11.3 Å². The monoisotopic (exact) mass is 565 g/mol. The van der Waals surface area contributed by atoms with Crippen LogP contribution in [0.2, 0.25) is 0 Å². The maximum Gasteiger partial charge on any atom is 0.271 e. The molecule has 0 atom stereocenters. The number of thiazole rings is 1. The lowest BCUT2D eigenvalue weighted by molar-refractivity contribution is 0.0943. The van der Waals surface area contributed by atoms with Crippen molar-refractivity contribution in [3.8, 4) is 11.5 Å². The number of rotatable bonds is 12. The maximum atomic E-state index is 12.7. The first-order valence-corrected chi connectivity index (χ1v) is 14.5. The molecule has 5 aromatic rings. The van der Waals surface area contributed by atoms with Gasteiger partial charge in [0.05, 0.1) is 19.4 Å². The van der Waals surface area contributed by atoms with E-state index in [1.165, 1.54) is 22.5 Å². The molecule has 208 valence electrons. The van der Waals surface area contributed by atoms with Gasteiger partial charge >= 0.3 is 0 Å². The molecule has 1 aliphatic rings. The quantitative estimate of drug-likeness (QED) is 0.183. The molecular weight excluding hydrogens is 534 g/mol. The Hall–Kier alpha value is -4.40. The summed E-state index contributed by atoms with van der Waals surface area (Å²) in [5.74, 6) is 2.31. The van der Waals surface area contributed by atoms with E-state index in [-0.39, 0.29) is 18.6 Å². The van der Waals surface area contributed by atoms with Gasteiger partial charge in [0.15, 0.2) is 11.5 Å². The lowest BCUT2D eigenvalue weighted by atomic mass is 9.88. The Balaban J connectivity index is 1.19. The zero-order chi connectivity index (χ0) is 27.9. The lowest BCUT2D eigenvalue weighted by Gasteiger charge is -2.25. The minimum absolute atomic E-state index is 0.209. The van der Waals surface area contributed by atoms with Crippen molar-refractivity contribution < 1.29 is 18.7 Å². The van der Waals surface area contributed by atoms with E-state index < -0.39 is 0 Å². The van der Waals surface area contributed by atoms with Crippen molar-refractivity contribution in [3.05, 3.63) is 136 Å². The van der Waals surface area contributed by atoms with Crippen molar-refractivity contribution in [2.75, 3.05) is 13.3 Å². The SMILES string of the molecule is O=C(NCc1ccco1)c1csc(CN(CCC(c2ccccc2)c2ccccc2)Cc2ccc3c(c2)OCO3)n1. The zero-order valence-corrected chi connectivity index (χ0v) is 23.4. The van der Waals surface area contributed by atoms with Crippen LogP contribution in [0.5, 0.6) is 11.5 Å². The van der Waals surface area contributed by atoms with Crippen molar-refractivity contribution in [1.82, 2.24) is 15.2 Å². The average Bonchev–Trinajstić information content (AvgIpc) is 3.80. The minimum Gasteiger partial charge on any atom is -0.467 e. The highest BCUT2D eigenvalue weighted by molar-refractivity contribution is 7.09. The highest BCUT2D eigenvalue weighted by atomic mass is 32.1. The highest BCUT2D eigenvalue weighted by Crippen LogP contribution is 2.33. The molecule has 0 bridgehead atoms. The predicted molar refractivity (Wildman–Crippen MR) is 158 cm³/mol. The second-order valence-electron chi connectivity index (χ2n) is 9.95. The number of benzene rings is 3. The van der Waals surface area contributed by atoms with Crippen LogP contribution in [0.25, 0.3) is 0 Å². The third-order valence-corrected chi connectivity index (χ3v) is 7.96. The van der Waals surface area contributed by atoms with Crippen LogP contribution in [0.4, 0.5) is 0 Å². The molecule has 8 heteroatoms.